The average molecular weight is 404 g/mol. The number of hydrogen-bond acceptors (Lipinski definition) is 5. The van der Waals surface area contributed by atoms with Crippen LogP contribution in [0.25, 0.3) is 0 Å². The predicted octanol–water partition coefficient (Wildman–Crippen LogP) is 3.71. The van der Waals surface area contributed by atoms with Crippen molar-refractivity contribution < 1.29 is 18.7 Å². The fraction of sp³-hybridized carbons (Fsp3) is 0.292. The summed E-state index contributed by atoms with van der Waals surface area (Å²) in [4.78, 5) is 15.7. The van der Waals surface area contributed by atoms with Gasteiger partial charge in [-0.2, -0.15) is 0 Å². The number of nitrogens with one attached hydrogen (secondary N) is 1. The molecule has 1 amide bonds. The topological polar surface area (TPSA) is 63.9 Å². The number of amides is 1. The molecule has 6 nitrogen and oxygen atoms in total. The molecule has 5 rings (SSSR count). The number of hydrogen-bond donors (Lipinski definition) is 1. The Morgan fingerprint density at radius 2 is 1.63 bits per heavy atom. The molecule has 1 N–H and O–H groups in total. The quantitative estimate of drug-likeness (QED) is 0.702. The van der Waals surface area contributed by atoms with Gasteiger partial charge in [0.15, 0.2) is 0 Å². The van der Waals surface area contributed by atoms with Crippen LogP contribution >= 0.6 is 0 Å². The van der Waals surface area contributed by atoms with Crippen LogP contribution in [0.15, 0.2) is 71.3 Å². The number of fused-ring (bicyclic) bond motifs is 2. The highest BCUT2D eigenvalue weighted by molar-refractivity contribution is 5.89. The van der Waals surface area contributed by atoms with E-state index < -0.39 is 5.92 Å². The summed E-state index contributed by atoms with van der Waals surface area (Å²) < 4.78 is 17.2. The van der Waals surface area contributed by atoms with Crippen molar-refractivity contribution in [2.24, 2.45) is 0 Å². The van der Waals surface area contributed by atoms with Crippen LogP contribution in [0.1, 0.15) is 28.8 Å². The zero-order chi connectivity index (χ0) is 20.3. The number of rotatable bonds is 5. The van der Waals surface area contributed by atoms with E-state index in [2.05, 4.69) is 10.2 Å². The van der Waals surface area contributed by atoms with Crippen LogP contribution in [0.3, 0.4) is 0 Å². The van der Waals surface area contributed by atoms with E-state index >= 15 is 0 Å². The summed E-state index contributed by atoms with van der Waals surface area (Å²) in [6.07, 6.45) is 1.68. The number of benzene rings is 2. The monoisotopic (exact) mass is 404 g/mol. The van der Waals surface area contributed by atoms with Gasteiger partial charge in [0.1, 0.15) is 17.3 Å². The van der Waals surface area contributed by atoms with Crippen molar-refractivity contribution in [2.75, 3.05) is 32.8 Å². The molecule has 0 bridgehead atoms. The summed E-state index contributed by atoms with van der Waals surface area (Å²) in [5.41, 5.74) is 1.77. The summed E-state index contributed by atoms with van der Waals surface area (Å²) in [7, 11) is 0. The molecule has 2 aromatic carbocycles. The van der Waals surface area contributed by atoms with Gasteiger partial charge in [-0.05, 0) is 24.3 Å². The Labute approximate surface area is 175 Å². The highest BCUT2D eigenvalue weighted by Crippen LogP contribution is 2.43. The van der Waals surface area contributed by atoms with Gasteiger partial charge in [-0.1, -0.05) is 36.4 Å². The maximum absolute atomic E-state index is 13.4. The maximum Gasteiger partial charge on any atom is 0.232 e. The molecule has 2 aliphatic rings. The lowest BCUT2D eigenvalue weighted by Gasteiger charge is -2.34. The third-order valence-corrected chi connectivity index (χ3v) is 5.77. The fourth-order valence-corrected chi connectivity index (χ4v) is 4.27. The molecule has 3 heterocycles. The molecule has 1 fully saturated rings. The molecule has 1 atom stereocenters. The average Bonchev–Trinajstić information content (AvgIpc) is 3.33. The summed E-state index contributed by atoms with van der Waals surface area (Å²) in [5.74, 6) is 1.86. The SMILES string of the molecule is O=C(NCC(c1ccco1)N1CCOCC1)C1c2ccccc2Oc2ccccc21. The molecule has 1 aromatic heterocycles. The summed E-state index contributed by atoms with van der Waals surface area (Å²) >= 11 is 0. The second-order valence-electron chi connectivity index (χ2n) is 7.54. The third-order valence-electron chi connectivity index (χ3n) is 5.77. The smallest absolute Gasteiger partial charge is 0.232 e. The number of ether oxygens (including phenoxy) is 2. The molecule has 0 aliphatic carbocycles. The molecule has 154 valence electrons. The van der Waals surface area contributed by atoms with Gasteiger partial charge in [-0.3, -0.25) is 9.69 Å². The second-order valence-corrected chi connectivity index (χ2v) is 7.54. The van der Waals surface area contributed by atoms with Gasteiger partial charge in [0.25, 0.3) is 0 Å². The predicted molar refractivity (Wildman–Crippen MR) is 112 cm³/mol. The molecule has 1 unspecified atom stereocenters. The molecule has 2 aliphatic heterocycles. The van der Waals surface area contributed by atoms with E-state index in [1.165, 1.54) is 0 Å². The van der Waals surface area contributed by atoms with Crippen molar-refractivity contribution in [1.82, 2.24) is 10.2 Å². The minimum Gasteiger partial charge on any atom is -0.468 e. The van der Waals surface area contributed by atoms with Crippen molar-refractivity contribution >= 4 is 5.91 Å². The van der Waals surface area contributed by atoms with Crippen molar-refractivity contribution in [2.45, 2.75) is 12.0 Å². The molecule has 0 spiro atoms. The van der Waals surface area contributed by atoms with E-state index in [0.717, 1.165) is 41.5 Å². The minimum atomic E-state index is -0.409. The second kappa shape index (κ2) is 8.34. The van der Waals surface area contributed by atoms with E-state index in [9.17, 15) is 4.79 Å². The van der Waals surface area contributed by atoms with Gasteiger partial charge < -0.3 is 19.2 Å². The third kappa shape index (κ3) is 3.60. The van der Waals surface area contributed by atoms with Crippen LogP contribution in [0.2, 0.25) is 0 Å². The standard InChI is InChI=1S/C24H24N2O4/c27-24(25-16-19(22-10-5-13-29-22)26-11-14-28-15-12-26)23-17-6-1-3-8-20(17)30-21-9-4-2-7-18(21)23/h1-10,13,19,23H,11-12,14-16H2,(H,25,27). The molecular formula is C24H24N2O4. The Morgan fingerprint density at radius 1 is 0.967 bits per heavy atom. The van der Waals surface area contributed by atoms with Gasteiger partial charge in [0.05, 0.1) is 31.4 Å². The van der Waals surface area contributed by atoms with Crippen LogP contribution in [0, 0.1) is 0 Å². The van der Waals surface area contributed by atoms with Gasteiger partial charge in [0.2, 0.25) is 5.91 Å². The lowest BCUT2D eigenvalue weighted by molar-refractivity contribution is -0.122. The van der Waals surface area contributed by atoms with Crippen LogP contribution in [-0.2, 0) is 9.53 Å². The first-order valence-electron chi connectivity index (χ1n) is 10.3. The van der Waals surface area contributed by atoms with Gasteiger partial charge in [0, 0.05) is 30.8 Å². The maximum atomic E-state index is 13.4. The highest BCUT2D eigenvalue weighted by Gasteiger charge is 2.33. The summed E-state index contributed by atoms with van der Waals surface area (Å²) in [5, 5.41) is 3.18. The van der Waals surface area contributed by atoms with Crippen molar-refractivity contribution in [3.63, 3.8) is 0 Å². The van der Waals surface area contributed by atoms with E-state index in [-0.39, 0.29) is 11.9 Å². The molecular weight excluding hydrogens is 380 g/mol. The van der Waals surface area contributed by atoms with E-state index in [1.807, 2.05) is 60.7 Å². The van der Waals surface area contributed by atoms with Crippen LogP contribution in [0.5, 0.6) is 11.5 Å². The van der Waals surface area contributed by atoms with Crippen LogP contribution < -0.4 is 10.1 Å². The Bertz CT molecular complexity index is 966. The van der Waals surface area contributed by atoms with Gasteiger partial charge in [-0.25, -0.2) is 0 Å². The first-order chi connectivity index (χ1) is 14.8. The number of carbonyl (C=O) groups is 1. The molecule has 0 saturated carbocycles. The van der Waals surface area contributed by atoms with E-state index in [1.54, 1.807) is 6.26 Å². The Balaban J connectivity index is 1.40. The van der Waals surface area contributed by atoms with Gasteiger partial charge >= 0.3 is 0 Å². The zero-order valence-electron chi connectivity index (χ0n) is 16.6. The Hall–Kier alpha value is -3.09. The lowest BCUT2D eigenvalue weighted by atomic mass is 9.87. The number of para-hydroxylation sites is 2. The van der Waals surface area contributed by atoms with E-state index in [0.29, 0.717) is 19.8 Å². The van der Waals surface area contributed by atoms with Gasteiger partial charge in [-0.15, -0.1) is 0 Å². The molecule has 3 aromatic rings. The Morgan fingerprint density at radius 3 is 2.27 bits per heavy atom. The lowest BCUT2D eigenvalue weighted by Crippen LogP contribution is -2.44. The van der Waals surface area contributed by atoms with Crippen molar-refractivity contribution in [1.29, 1.82) is 0 Å². The molecule has 30 heavy (non-hydrogen) atoms. The molecule has 6 heteroatoms. The van der Waals surface area contributed by atoms with E-state index in [4.69, 9.17) is 13.9 Å². The fourth-order valence-electron chi connectivity index (χ4n) is 4.27. The number of nitrogens with zero attached hydrogens (tertiary/aromatic N) is 1. The Kier molecular flexibility index (Phi) is 5.26. The molecule has 0 radical (unpaired) electrons. The summed E-state index contributed by atoms with van der Waals surface area (Å²) in [6.45, 7) is 3.46. The first kappa shape index (κ1) is 18.9. The highest BCUT2D eigenvalue weighted by atomic mass is 16.5. The van der Waals surface area contributed by atoms with Crippen molar-refractivity contribution in [3.05, 3.63) is 83.8 Å². The van der Waals surface area contributed by atoms with Crippen LogP contribution in [-0.4, -0.2) is 43.7 Å². The zero-order valence-corrected chi connectivity index (χ0v) is 16.6. The number of furan rings is 1. The largest absolute Gasteiger partial charge is 0.468 e. The first-order valence-corrected chi connectivity index (χ1v) is 10.3. The molecule has 1 saturated heterocycles. The normalized spacial score (nSPS) is 17.5. The number of carbonyl (C=O) groups excluding carboxylic acids is 1. The summed E-state index contributed by atoms with van der Waals surface area (Å²) in [6, 6.07) is 19.3. The number of morpholine rings is 1. The van der Waals surface area contributed by atoms with Crippen molar-refractivity contribution in [3.8, 4) is 11.5 Å². The van der Waals surface area contributed by atoms with Crippen LogP contribution in [0.4, 0.5) is 0 Å². The minimum absolute atomic E-state index is 0.0295.